The third-order valence-electron chi connectivity index (χ3n) is 18.7. The Morgan fingerprint density at radius 2 is 0.455 bits per heavy atom. The number of nitrogens with one attached hydrogen (secondary N) is 2. The zero-order valence-corrected chi connectivity index (χ0v) is 81.2. The van der Waals surface area contributed by atoms with Crippen LogP contribution in [0.4, 0.5) is 22.7 Å². The van der Waals surface area contributed by atoms with Crippen LogP contribution < -0.4 is 43.2 Å². The summed E-state index contributed by atoms with van der Waals surface area (Å²) in [5.41, 5.74) is 39.6. The number of pyridine rings is 8. The van der Waals surface area contributed by atoms with Crippen molar-refractivity contribution in [1.82, 2.24) is 50.9 Å². The van der Waals surface area contributed by atoms with Crippen LogP contribution in [0.2, 0.25) is 0 Å². The molecule has 20 rings (SSSR count). The predicted octanol–water partition coefficient (Wildman–Crippen LogP) is 24.7. The number of aromatic nitrogens is 8. The Labute approximate surface area is 861 Å². The van der Waals surface area contributed by atoms with Gasteiger partial charge in [0.2, 0.25) is 0 Å². The average Bonchev–Trinajstić information content (AvgIpc) is 0.817. The number of fused-ring (bicyclic) bond motifs is 4. The number of aryl methyl sites for hydroxylation is 4. The molecule has 8 aromatic heterocycles. The fraction of sp³-hybridized carbons (Fsp3) is 0.0370. The maximum Gasteiger partial charge on any atom is 2.00 e. The van der Waals surface area contributed by atoms with Crippen molar-refractivity contribution in [3.8, 4) is 22.3 Å². The van der Waals surface area contributed by atoms with Gasteiger partial charge in [0, 0.05) is 139 Å². The first-order valence-electron chi connectivity index (χ1n) is 40.6. The number of nitrogens with zero attached hydrogens (tertiary/aromatic N) is 12. The number of rotatable bonds is 16. The third-order valence-corrected chi connectivity index (χ3v) is 24.0. The minimum absolute atomic E-state index is 0. The second kappa shape index (κ2) is 62.4. The molecular weight excluding hydrogens is 2060 g/mol. The second-order valence-electron chi connectivity index (χ2n) is 27.9. The molecule has 0 amide bonds. The van der Waals surface area contributed by atoms with Crippen LogP contribution in [-0.2, 0) is 137 Å². The quantitative estimate of drug-likeness (QED) is 0.0408. The minimum atomic E-state index is -0.988. The van der Waals surface area contributed by atoms with E-state index in [9.17, 15) is 0 Å². The maximum absolute atomic E-state index is 4.58. The van der Waals surface area contributed by atoms with Gasteiger partial charge in [0.15, 0.2) is 22.2 Å². The molecule has 12 aromatic carbocycles. The van der Waals surface area contributed by atoms with Gasteiger partial charge in [-0.1, -0.05) is 313 Å². The van der Waals surface area contributed by atoms with E-state index in [0.717, 1.165) is 101 Å². The molecule has 0 aliphatic carbocycles. The van der Waals surface area contributed by atoms with E-state index in [0.29, 0.717) is 0 Å². The molecule has 0 fully saturated rings. The summed E-state index contributed by atoms with van der Waals surface area (Å²) in [6.45, 7) is 7.90. The van der Waals surface area contributed by atoms with E-state index in [1.54, 1.807) is 12.4 Å². The Hall–Kier alpha value is -11.0. The standard InChI is InChI=1S/2C17H14NP.2C15H10N.2C12H11N3.2C10H10N2.8Cu/c2*1-3-9-15(10-4-1)19(16-11-5-2-6-12-16)17-13-7-8-14-18-17;2*1-2-5-12(6-3-1)14-9-8-13-7-4-10-16-15(13)11-14;2*1-3-7-11(8-4-1)13-15-14-12-9-5-2-6-10-12;2*1-7-3-5-9-6-4-8(2)12-10(9)11-7;;;;;;;;/h2*1-14H;2*1-10H;2*1-10,15H;2*3-6H,1-2H3;;;;;;;;/q;;2*-1;2*-2;;;;;;;2*+1;2*+2/p+2. The van der Waals surface area contributed by atoms with E-state index < -0.39 is 15.8 Å². The van der Waals surface area contributed by atoms with E-state index >= 15 is 0 Å². The van der Waals surface area contributed by atoms with Crippen molar-refractivity contribution in [2.75, 3.05) is 0 Å². The van der Waals surface area contributed by atoms with Crippen LogP contribution in [0.1, 0.15) is 22.8 Å². The molecule has 0 aliphatic heterocycles. The fourth-order valence-electron chi connectivity index (χ4n) is 12.6. The number of para-hydroxylation sites is 4. The van der Waals surface area contributed by atoms with Gasteiger partial charge < -0.3 is 32.8 Å². The predicted molar refractivity (Wildman–Crippen MR) is 523 cm³/mol. The van der Waals surface area contributed by atoms with Gasteiger partial charge in [-0.2, -0.15) is 0 Å². The molecule has 0 spiro atoms. The van der Waals surface area contributed by atoms with Crippen molar-refractivity contribution in [2.45, 2.75) is 27.7 Å². The molecule has 6 radical (unpaired) electrons. The van der Waals surface area contributed by atoms with Gasteiger partial charge in [0.1, 0.15) is 37.1 Å². The topological polar surface area (TPSA) is 184 Å². The van der Waals surface area contributed by atoms with Crippen LogP contribution in [0, 0.1) is 39.8 Å². The smallest absolute Gasteiger partial charge is 0.638 e. The largest absolute Gasteiger partial charge is 2.00 e. The summed E-state index contributed by atoms with van der Waals surface area (Å²) in [5.74, 6) is 0. The molecule has 0 atom stereocenters. The number of hydrogen-bond donors (Lipinski definition) is 2. The van der Waals surface area contributed by atoms with Crippen LogP contribution in [0.5, 0.6) is 0 Å². The molecule has 0 aliphatic rings. The SMILES string of the molecule is Cc1ccc2ccc(C)nc2n1.Cc1ccc2ccc(C)nc2n1.[Cu+2].[Cu+2].[Cu+].[Cu+].[Cu].[Cu].[Cu].[Cu].[c-]1c(-c2ccccc2)ccc2cccnc12.[c-]1c(-c2ccccc2)ccc2cccnc12.c1ccc([N-]N[N-]c2ccccc2)cc1.c1ccc([N-]N[N-]c2ccccc2)cc1.c1ccc([PH+](c2ccccc2)c2ccccn2)cc1.c1ccc([PH+](c2ccccc2)c2ccccn2)cc1. The van der Waals surface area contributed by atoms with Crippen molar-refractivity contribution >= 4 is 115 Å². The van der Waals surface area contributed by atoms with Gasteiger partial charge in [-0.15, -0.1) is 70.3 Å². The van der Waals surface area contributed by atoms with Gasteiger partial charge in [-0.05, 0) is 148 Å². The van der Waals surface area contributed by atoms with E-state index in [4.69, 9.17) is 0 Å². The van der Waals surface area contributed by atoms with Crippen LogP contribution >= 0.6 is 15.8 Å². The summed E-state index contributed by atoms with van der Waals surface area (Å²) in [7, 11) is -1.98. The summed E-state index contributed by atoms with van der Waals surface area (Å²) < 4.78 is 0. The van der Waals surface area contributed by atoms with E-state index in [1.807, 2.05) is 283 Å². The molecule has 14 nitrogen and oxygen atoms in total. The molecule has 0 unspecified atom stereocenters. The van der Waals surface area contributed by atoms with E-state index in [-0.39, 0.29) is 137 Å². The van der Waals surface area contributed by atoms with Crippen molar-refractivity contribution in [2.24, 2.45) is 0 Å². The first-order valence-corrected chi connectivity index (χ1v) is 43.6. The Morgan fingerprint density at radius 1 is 0.227 bits per heavy atom. The maximum atomic E-state index is 4.58. The third kappa shape index (κ3) is 36.5. The normalized spacial score (nSPS) is 9.68. The monoisotopic (exact) mass is 2150 g/mol. The summed E-state index contributed by atoms with van der Waals surface area (Å²) in [6, 6.07) is 153. The van der Waals surface area contributed by atoms with Gasteiger partial charge in [0.05, 0.1) is 0 Å². The zero-order chi connectivity index (χ0) is 85.2. The molecule has 2 N–H and O–H groups in total. The van der Waals surface area contributed by atoms with Gasteiger partial charge in [-0.25, -0.2) is 29.9 Å². The van der Waals surface area contributed by atoms with Crippen LogP contribution in [-0.4, -0.2) is 39.9 Å². The average molecular weight is 2160 g/mol. The van der Waals surface area contributed by atoms with E-state index in [1.165, 1.54) is 43.2 Å². The number of hydrogen-bond acceptors (Lipinski definition) is 10. The van der Waals surface area contributed by atoms with Crippen molar-refractivity contribution in [3.05, 3.63) is 518 Å². The molecule has 20 aromatic rings. The first-order chi connectivity index (χ1) is 61.2. The molecule has 24 heteroatoms. The Bertz CT molecular complexity index is 5770. The first kappa shape index (κ1) is 112. The molecular formula is C108H92Cu8N14P2+2. The minimum Gasteiger partial charge on any atom is -0.638 e. The number of benzene rings is 12. The van der Waals surface area contributed by atoms with Crippen molar-refractivity contribution in [1.29, 1.82) is 0 Å². The Morgan fingerprint density at radius 3 is 0.705 bits per heavy atom. The molecule has 690 valence electrons. The summed E-state index contributed by atoms with van der Waals surface area (Å²) in [5, 5.41) is 9.95. The van der Waals surface area contributed by atoms with Gasteiger partial charge in [-0.3, -0.25) is 9.97 Å². The summed E-state index contributed by atoms with van der Waals surface area (Å²) >= 11 is 0. The molecule has 0 saturated carbocycles. The van der Waals surface area contributed by atoms with E-state index in [2.05, 4.69) is 279 Å². The second-order valence-corrected chi connectivity index (χ2v) is 32.7. The molecule has 132 heavy (non-hydrogen) atoms. The van der Waals surface area contributed by atoms with Gasteiger partial charge in [0.25, 0.3) is 0 Å². The molecule has 0 bridgehead atoms. The fourth-order valence-corrected chi connectivity index (χ4v) is 17.5. The molecule has 8 heterocycles. The van der Waals surface area contributed by atoms with Gasteiger partial charge >= 0.3 is 68.3 Å². The zero-order valence-electron chi connectivity index (χ0n) is 71.7. The van der Waals surface area contributed by atoms with Crippen molar-refractivity contribution in [3.63, 3.8) is 0 Å². The Kier molecular flexibility index (Phi) is 52.7. The Balaban J connectivity index is 0.000000266. The summed E-state index contributed by atoms with van der Waals surface area (Å²) in [6.07, 6.45) is 7.36. The van der Waals surface area contributed by atoms with Crippen LogP contribution in [0.15, 0.2) is 462 Å². The van der Waals surface area contributed by atoms with Crippen LogP contribution in [0.3, 0.4) is 0 Å². The van der Waals surface area contributed by atoms with Crippen LogP contribution in [0.25, 0.3) is 87.8 Å². The molecule has 0 saturated heterocycles. The summed E-state index contributed by atoms with van der Waals surface area (Å²) in [4.78, 5) is 35.1. The van der Waals surface area contributed by atoms with Crippen molar-refractivity contribution < 1.29 is 137 Å².